The molecule has 0 aliphatic heterocycles. The molecule has 2 N–H and O–H groups in total. The molecule has 4 nitrogen and oxygen atoms in total. The van der Waals surface area contributed by atoms with E-state index in [1.165, 1.54) is 14.0 Å². The van der Waals surface area contributed by atoms with Gasteiger partial charge in [-0.1, -0.05) is 18.2 Å². The Bertz CT molecular complexity index is 312. The molecule has 0 radical (unpaired) electrons. The number of benzene rings is 1. The van der Waals surface area contributed by atoms with Gasteiger partial charge in [-0.25, -0.2) is 0 Å². The van der Waals surface area contributed by atoms with Crippen LogP contribution in [0.3, 0.4) is 0 Å². The van der Waals surface area contributed by atoms with Gasteiger partial charge in [-0.3, -0.25) is 4.79 Å². The predicted molar refractivity (Wildman–Crippen MR) is 51.7 cm³/mol. The Labute approximate surface area is 82.6 Å². The molecule has 0 aliphatic rings. The summed E-state index contributed by atoms with van der Waals surface area (Å²) < 4.78 is 10.2. The maximum absolute atomic E-state index is 11.0. The van der Waals surface area contributed by atoms with Gasteiger partial charge in [0.1, 0.15) is 5.75 Å². The second kappa shape index (κ2) is 4.11. The third-order valence-corrected chi connectivity index (χ3v) is 1.89. The molecule has 0 spiro atoms. The maximum Gasteiger partial charge on any atom is 0.290 e. The van der Waals surface area contributed by atoms with E-state index < -0.39 is 11.7 Å². The number of hydrogen-bond donors (Lipinski definition) is 1. The number of hydrogen-bond acceptors (Lipinski definition) is 3. The fraction of sp³-hybridized carbons (Fsp3) is 0.300. The highest BCUT2D eigenvalue weighted by atomic mass is 16.7. The molecule has 0 bridgehead atoms. The third-order valence-electron chi connectivity index (χ3n) is 1.89. The fourth-order valence-electron chi connectivity index (χ4n) is 0.906. The summed E-state index contributed by atoms with van der Waals surface area (Å²) in [6, 6.07) is 8.89. The minimum absolute atomic E-state index is 0.538. The first-order valence-electron chi connectivity index (χ1n) is 4.17. The summed E-state index contributed by atoms with van der Waals surface area (Å²) in [5, 5.41) is 0. The van der Waals surface area contributed by atoms with E-state index in [2.05, 4.69) is 0 Å². The molecule has 0 saturated carbocycles. The average molecular weight is 195 g/mol. The van der Waals surface area contributed by atoms with Crippen LogP contribution in [0.5, 0.6) is 5.75 Å². The molecule has 1 unspecified atom stereocenters. The molecule has 1 atom stereocenters. The monoisotopic (exact) mass is 195 g/mol. The zero-order chi connectivity index (χ0) is 10.6. The summed E-state index contributed by atoms with van der Waals surface area (Å²) in [5.41, 5.74) is 5.14. The SMILES string of the molecule is COC(C)(Oc1ccccc1)C(N)=O. The number of amides is 1. The van der Waals surface area contributed by atoms with Crippen LogP contribution in [0, 0.1) is 0 Å². The normalized spacial score (nSPS) is 14.4. The summed E-state index contributed by atoms with van der Waals surface area (Å²) in [6.45, 7) is 1.47. The van der Waals surface area contributed by atoms with Gasteiger partial charge in [-0.05, 0) is 12.1 Å². The standard InChI is InChI=1S/C10H13NO3/c1-10(13-2,9(11)12)14-8-6-4-3-5-7-8/h3-7H,1-2H3,(H2,11,12). The highest BCUT2D eigenvalue weighted by molar-refractivity contribution is 5.81. The number of methoxy groups -OCH3 is 1. The van der Waals surface area contributed by atoms with Crippen LogP contribution >= 0.6 is 0 Å². The second-order valence-corrected chi connectivity index (χ2v) is 2.93. The fourth-order valence-corrected chi connectivity index (χ4v) is 0.906. The van der Waals surface area contributed by atoms with Gasteiger partial charge in [0.05, 0.1) is 0 Å². The first-order chi connectivity index (χ1) is 6.58. The summed E-state index contributed by atoms with van der Waals surface area (Å²) >= 11 is 0. The number of ether oxygens (including phenoxy) is 2. The highest BCUT2D eigenvalue weighted by Gasteiger charge is 2.33. The minimum Gasteiger partial charge on any atom is -0.453 e. The van der Waals surface area contributed by atoms with Crippen molar-refractivity contribution in [2.75, 3.05) is 7.11 Å². The van der Waals surface area contributed by atoms with Gasteiger partial charge in [0.2, 0.25) is 0 Å². The van der Waals surface area contributed by atoms with E-state index in [0.717, 1.165) is 0 Å². The van der Waals surface area contributed by atoms with Crippen LogP contribution in [0.1, 0.15) is 6.92 Å². The van der Waals surface area contributed by atoms with Gasteiger partial charge in [-0.2, -0.15) is 0 Å². The van der Waals surface area contributed by atoms with E-state index in [1.54, 1.807) is 24.3 Å². The van der Waals surface area contributed by atoms with E-state index in [9.17, 15) is 4.79 Å². The van der Waals surface area contributed by atoms with Gasteiger partial charge in [0, 0.05) is 14.0 Å². The summed E-state index contributed by atoms with van der Waals surface area (Å²) in [4.78, 5) is 11.0. The lowest BCUT2D eigenvalue weighted by molar-refractivity contribution is -0.175. The molecule has 0 fully saturated rings. The smallest absolute Gasteiger partial charge is 0.290 e. The van der Waals surface area contributed by atoms with E-state index in [1.807, 2.05) is 6.07 Å². The van der Waals surface area contributed by atoms with E-state index in [0.29, 0.717) is 5.75 Å². The molecule has 0 saturated heterocycles. The summed E-state index contributed by atoms with van der Waals surface area (Å²) in [5.74, 6) is -1.54. The summed E-state index contributed by atoms with van der Waals surface area (Å²) in [7, 11) is 1.37. The van der Waals surface area contributed by atoms with Crippen LogP contribution in [0.2, 0.25) is 0 Å². The first-order valence-corrected chi connectivity index (χ1v) is 4.17. The molecule has 1 rings (SSSR count). The van der Waals surface area contributed by atoms with Crippen molar-refractivity contribution in [3.63, 3.8) is 0 Å². The maximum atomic E-state index is 11.0. The topological polar surface area (TPSA) is 61.6 Å². The molecule has 1 aromatic rings. The average Bonchev–Trinajstić information content (AvgIpc) is 2.19. The number of nitrogens with two attached hydrogens (primary N) is 1. The molecule has 0 aromatic heterocycles. The molecular weight excluding hydrogens is 182 g/mol. The highest BCUT2D eigenvalue weighted by Crippen LogP contribution is 2.18. The Hall–Kier alpha value is -1.55. The van der Waals surface area contributed by atoms with Gasteiger partial charge < -0.3 is 15.2 Å². The Kier molecular flexibility index (Phi) is 3.09. The Morgan fingerprint density at radius 1 is 1.36 bits per heavy atom. The number of primary amides is 1. The van der Waals surface area contributed by atoms with Crippen molar-refractivity contribution in [3.8, 4) is 5.75 Å². The van der Waals surface area contributed by atoms with E-state index >= 15 is 0 Å². The van der Waals surface area contributed by atoms with E-state index in [4.69, 9.17) is 15.2 Å². The lowest BCUT2D eigenvalue weighted by Crippen LogP contribution is -2.47. The zero-order valence-electron chi connectivity index (χ0n) is 8.19. The quantitative estimate of drug-likeness (QED) is 0.726. The van der Waals surface area contributed by atoms with Crippen LogP contribution in [0.15, 0.2) is 30.3 Å². The number of carbonyl (C=O) groups excluding carboxylic acids is 1. The molecule has 14 heavy (non-hydrogen) atoms. The zero-order valence-corrected chi connectivity index (χ0v) is 8.19. The summed E-state index contributed by atoms with van der Waals surface area (Å²) in [6.07, 6.45) is 0. The molecule has 1 amide bonds. The molecule has 0 aliphatic carbocycles. The van der Waals surface area contributed by atoms with E-state index in [-0.39, 0.29) is 0 Å². The number of rotatable bonds is 4. The largest absolute Gasteiger partial charge is 0.453 e. The van der Waals surface area contributed by atoms with Crippen LogP contribution < -0.4 is 10.5 Å². The Morgan fingerprint density at radius 3 is 2.36 bits per heavy atom. The predicted octanol–water partition coefficient (Wildman–Crippen LogP) is 0.913. The Morgan fingerprint density at radius 2 is 1.93 bits per heavy atom. The molecule has 0 heterocycles. The Balaban J connectivity index is 2.81. The van der Waals surface area contributed by atoms with Crippen molar-refractivity contribution in [1.82, 2.24) is 0 Å². The van der Waals surface area contributed by atoms with Gasteiger partial charge in [-0.15, -0.1) is 0 Å². The van der Waals surface area contributed by atoms with Crippen molar-refractivity contribution in [2.45, 2.75) is 12.7 Å². The number of carbonyl (C=O) groups is 1. The molecule has 1 aromatic carbocycles. The van der Waals surface area contributed by atoms with Crippen molar-refractivity contribution in [3.05, 3.63) is 30.3 Å². The van der Waals surface area contributed by atoms with Crippen LogP contribution in [-0.4, -0.2) is 18.8 Å². The lowest BCUT2D eigenvalue weighted by Gasteiger charge is -2.25. The first kappa shape index (κ1) is 10.5. The van der Waals surface area contributed by atoms with Crippen molar-refractivity contribution in [1.29, 1.82) is 0 Å². The van der Waals surface area contributed by atoms with Crippen molar-refractivity contribution < 1.29 is 14.3 Å². The molecular formula is C10H13NO3. The van der Waals surface area contributed by atoms with Crippen LogP contribution in [0.25, 0.3) is 0 Å². The van der Waals surface area contributed by atoms with Gasteiger partial charge in [0.15, 0.2) is 0 Å². The molecule has 4 heteroatoms. The lowest BCUT2D eigenvalue weighted by atomic mass is 10.3. The van der Waals surface area contributed by atoms with Crippen LogP contribution in [-0.2, 0) is 9.53 Å². The molecule has 76 valence electrons. The minimum atomic E-state index is -1.42. The van der Waals surface area contributed by atoms with Gasteiger partial charge in [0.25, 0.3) is 11.7 Å². The van der Waals surface area contributed by atoms with Gasteiger partial charge >= 0.3 is 0 Å². The second-order valence-electron chi connectivity index (χ2n) is 2.93. The number of para-hydroxylation sites is 1. The van der Waals surface area contributed by atoms with Crippen molar-refractivity contribution in [2.24, 2.45) is 5.73 Å². The third kappa shape index (κ3) is 2.23. The van der Waals surface area contributed by atoms with Crippen molar-refractivity contribution >= 4 is 5.91 Å². The van der Waals surface area contributed by atoms with Crippen LogP contribution in [0.4, 0.5) is 0 Å².